The molecule has 4 amide bonds. The Morgan fingerprint density at radius 1 is 1.03 bits per heavy atom. The summed E-state index contributed by atoms with van der Waals surface area (Å²) in [6, 6.07) is 12.9. The van der Waals surface area contributed by atoms with Gasteiger partial charge < -0.3 is 19.7 Å². The maximum atomic E-state index is 13.7. The second-order valence-electron chi connectivity index (χ2n) is 9.52. The molecule has 184 valence electrons. The van der Waals surface area contributed by atoms with Crippen LogP contribution in [0.25, 0.3) is 0 Å². The van der Waals surface area contributed by atoms with Crippen molar-refractivity contribution in [2.45, 2.75) is 50.1 Å². The van der Waals surface area contributed by atoms with Gasteiger partial charge in [-0.25, -0.2) is 4.79 Å². The van der Waals surface area contributed by atoms with Gasteiger partial charge in [-0.3, -0.25) is 14.5 Å². The predicted octanol–water partition coefficient (Wildman–Crippen LogP) is 3.43. The first-order valence-electron chi connectivity index (χ1n) is 12.2. The summed E-state index contributed by atoms with van der Waals surface area (Å²) < 4.78 is 11.0. The third-order valence-corrected chi connectivity index (χ3v) is 7.56. The van der Waals surface area contributed by atoms with Crippen LogP contribution in [-0.4, -0.2) is 60.5 Å². The molecule has 5 rings (SSSR count). The SMILES string of the molecule is COc1cc2c(cc1OC)[C@H](c1ccccc1)N(C(=O)CN1C(=O)NC3(CCCCC3)C1=O)CC2. The van der Waals surface area contributed by atoms with Crippen molar-refractivity contribution in [3.05, 3.63) is 59.2 Å². The monoisotopic (exact) mass is 477 g/mol. The Bertz CT molecular complexity index is 1140. The van der Waals surface area contributed by atoms with Crippen molar-refractivity contribution in [1.82, 2.24) is 15.1 Å². The van der Waals surface area contributed by atoms with Crippen molar-refractivity contribution in [3.8, 4) is 11.5 Å². The number of hydrogen-bond acceptors (Lipinski definition) is 5. The third-order valence-electron chi connectivity index (χ3n) is 7.56. The molecule has 2 heterocycles. The van der Waals surface area contributed by atoms with Crippen LogP contribution in [-0.2, 0) is 16.0 Å². The van der Waals surface area contributed by atoms with Crippen LogP contribution in [0.1, 0.15) is 54.8 Å². The van der Waals surface area contributed by atoms with Crippen molar-refractivity contribution in [3.63, 3.8) is 0 Å². The van der Waals surface area contributed by atoms with Gasteiger partial charge in [0.15, 0.2) is 11.5 Å². The van der Waals surface area contributed by atoms with E-state index in [1.165, 1.54) is 0 Å². The minimum atomic E-state index is -0.840. The van der Waals surface area contributed by atoms with E-state index >= 15 is 0 Å². The molecule has 1 spiro atoms. The van der Waals surface area contributed by atoms with Gasteiger partial charge >= 0.3 is 6.03 Å². The number of methoxy groups -OCH3 is 2. The highest BCUT2D eigenvalue weighted by atomic mass is 16.5. The third kappa shape index (κ3) is 4.00. The summed E-state index contributed by atoms with van der Waals surface area (Å²) >= 11 is 0. The average Bonchev–Trinajstić information content (AvgIpc) is 3.11. The summed E-state index contributed by atoms with van der Waals surface area (Å²) in [7, 11) is 3.20. The number of amides is 4. The molecule has 2 aromatic carbocycles. The molecule has 0 aromatic heterocycles. The van der Waals surface area contributed by atoms with Gasteiger partial charge in [0.1, 0.15) is 12.1 Å². The zero-order chi connectivity index (χ0) is 24.6. The first-order valence-corrected chi connectivity index (χ1v) is 12.2. The molecule has 1 atom stereocenters. The molecule has 2 fully saturated rings. The smallest absolute Gasteiger partial charge is 0.325 e. The maximum absolute atomic E-state index is 13.7. The van der Waals surface area contributed by atoms with Crippen LogP contribution in [0.3, 0.4) is 0 Å². The second kappa shape index (κ2) is 9.24. The van der Waals surface area contributed by atoms with Gasteiger partial charge in [-0.1, -0.05) is 49.6 Å². The number of nitrogens with one attached hydrogen (secondary N) is 1. The molecule has 0 radical (unpaired) electrons. The fourth-order valence-corrected chi connectivity index (χ4v) is 5.75. The number of urea groups is 1. The van der Waals surface area contributed by atoms with E-state index in [0.29, 0.717) is 37.3 Å². The molecule has 1 N–H and O–H groups in total. The van der Waals surface area contributed by atoms with E-state index < -0.39 is 11.6 Å². The Balaban J connectivity index is 1.46. The van der Waals surface area contributed by atoms with Gasteiger partial charge in [0.2, 0.25) is 5.91 Å². The molecule has 8 nitrogen and oxygen atoms in total. The average molecular weight is 478 g/mol. The van der Waals surface area contributed by atoms with Gasteiger partial charge in [-0.05, 0) is 48.1 Å². The van der Waals surface area contributed by atoms with Crippen molar-refractivity contribution < 1.29 is 23.9 Å². The Kier molecular flexibility index (Phi) is 6.13. The summed E-state index contributed by atoms with van der Waals surface area (Å²) in [5, 5.41) is 2.90. The quantitative estimate of drug-likeness (QED) is 0.667. The first-order chi connectivity index (χ1) is 17.0. The van der Waals surface area contributed by atoms with Crippen molar-refractivity contribution >= 4 is 17.8 Å². The number of nitrogens with zero attached hydrogens (tertiary/aromatic N) is 2. The number of carbonyl (C=O) groups is 3. The van der Waals surface area contributed by atoms with E-state index in [1.807, 2.05) is 42.5 Å². The second-order valence-corrected chi connectivity index (χ2v) is 9.52. The molecular formula is C27H31N3O5. The Morgan fingerprint density at radius 3 is 2.40 bits per heavy atom. The highest BCUT2D eigenvalue weighted by Crippen LogP contribution is 2.41. The Hall–Kier alpha value is -3.55. The van der Waals surface area contributed by atoms with Gasteiger partial charge in [0.25, 0.3) is 5.91 Å². The summed E-state index contributed by atoms with van der Waals surface area (Å²) in [4.78, 5) is 42.6. The van der Waals surface area contributed by atoms with Crippen LogP contribution in [0.4, 0.5) is 4.79 Å². The molecule has 0 bridgehead atoms. The van der Waals surface area contributed by atoms with Gasteiger partial charge in [-0.2, -0.15) is 0 Å². The van der Waals surface area contributed by atoms with Crippen molar-refractivity contribution in [2.75, 3.05) is 27.3 Å². The zero-order valence-electron chi connectivity index (χ0n) is 20.2. The molecule has 1 aliphatic carbocycles. The van der Waals surface area contributed by atoms with E-state index in [0.717, 1.165) is 40.9 Å². The number of carbonyl (C=O) groups excluding carboxylic acids is 3. The number of rotatable bonds is 5. The Morgan fingerprint density at radius 2 is 1.71 bits per heavy atom. The summed E-state index contributed by atoms with van der Waals surface area (Å²) in [6.45, 7) is 0.202. The van der Waals surface area contributed by atoms with Gasteiger partial charge in [0.05, 0.1) is 20.3 Å². The topological polar surface area (TPSA) is 88.2 Å². The lowest BCUT2D eigenvalue weighted by atomic mass is 9.82. The maximum Gasteiger partial charge on any atom is 0.325 e. The molecule has 2 aliphatic heterocycles. The van der Waals surface area contributed by atoms with Crippen LogP contribution in [0, 0.1) is 0 Å². The number of hydrogen-bond donors (Lipinski definition) is 1. The van der Waals surface area contributed by atoms with Gasteiger partial charge in [-0.15, -0.1) is 0 Å². The number of benzene rings is 2. The lowest BCUT2D eigenvalue weighted by Crippen LogP contribution is -2.50. The number of fused-ring (bicyclic) bond motifs is 1. The lowest BCUT2D eigenvalue weighted by molar-refractivity contribution is -0.140. The van der Waals surface area contributed by atoms with E-state index in [2.05, 4.69) is 5.32 Å². The summed E-state index contributed by atoms with van der Waals surface area (Å²) in [5.74, 6) is 0.719. The van der Waals surface area contributed by atoms with Crippen LogP contribution < -0.4 is 14.8 Å². The Labute approximate surface area is 205 Å². The largest absolute Gasteiger partial charge is 0.493 e. The zero-order valence-corrected chi connectivity index (χ0v) is 20.2. The first kappa shape index (κ1) is 23.2. The van der Waals surface area contributed by atoms with E-state index in [9.17, 15) is 14.4 Å². The standard InChI is InChI=1S/C27H31N3O5/c1-34-21-15-19-11-14-29(24(18-9-5-3-6-10-18)20(19)16-22(21)35-2)23(31)17-30-25(32)27(28-26(30)33)12-7-4-8-13-27/h3,5-6,9-10,15-16,24H,4,7-8,11-14,17H2,1-2H3,(H,28,33)/t24-/m0/s1. The number of ether oxygens (including phenoxy) is 2. The van der Waals surface area contributed by atoms with E-state index in [-0.39, 0.29) is 24.4 Å². The predicted molar refractivity (Wildman–Crippen MR) is 129 cm³/mol. The summed E-state index contributed by atoms with van der Waals surface area (Å²) in [5.41, 5.74) is 2.15. The highest BCUT2D eigenvalue weighted by Gasteiger charge is 2.52. The molecule has 35 heavy (non-hydrogen) atoms. The normalized spacial score (nSPS) is 21.0. The highest BCUT2D eigenvalue weighted by molar-refractivity contribution is 6.09. The molecule has 3 aliphatic rings. The molecule has 1 saturated heterocycles. The van der Waals surface area contributed by atoms with Crippen LogP contribution in [0.15, 0.2) is 42.5 Å². The van der Waals surface area contributed by atoms with Crippen LogP contribution >= 0.6 is 0 Å². The number of imide groups is 1. The molecule has 1 saturated carbocycles. The van der Waals surface area contributed by atoms with Crippen molar-refractivity contribution in [1.29, 1.82) is 0 Å². The van der Waals surface area contributed by atoms with Crippen molar-refractivity contribution in [2.24, 2.45) is 0 Å². The van der Waals surface area contributed by atoms with E-state index in [4.69, 9.17) is 9.47 Å². The van der Waals surface area contributed by atoms with Gasteiger partial charge in [0, 0.05) is 6.54 Å². The molecule has 2 aromatic rings. The molecule has 8 heteroatoms. The minimum Gasteiger partial charge on any atom is -0.493 e. The lowest BCUT2D eigenvalue weighted by Gasteiger charge is -2.38. The molecular weight excluding hydrogens is 446 g/mol. The van der Waals surface area contributed by atoms with E-state index in [1.54, 1.807) is 19.1 Å². The van der Waals surface area contributed by atoms with Crippen LogP contribution in [0.5, 0.6) is 11.5 Å². The van der Waals surface area contributed by atoms with Crippen LogP contribution in [0.2, 0.25) is 0 Å². The minimum absolute atomic E-state index is 0.254. The fraction of sp³-hybridized carbons (Fsp3) is 0.444. The fourth-order valence-electron chi connectivity index (χ4n) is 5.75. The summed E-state index contributed by atoms with van der Waals surface area (Å²) in [6.07, 6.45) is 4.76. The molecule has 0 unspecified atom stereocenters.